The molecule has 1 fully saturated rings. The van der Waals surface area contributed by atoms with Crippen LogP contribution in [0.1, 0.15) is 44.0 Å². The van der Waals surface area contributed by atoms with Crippen LogP contribution in [0.15, 0.2) is 23.5 Å². The lowest BCUT2D eigenvalue weighted by Gasteiger charge is -2.30. The Labute approximate surface area is 151 Å². The molecule has 0 amide bonds. The van der Waals surface area contributed by atoms with Crippen molar-refractivity contribution in [1.29, 1.82) is 0 Å². The quantitative estimate of drug-likeness (QED) is 0.687. The van der Waals surface area contributed by atoms with Gasteiger partial charge < -0.3 is 19.7 Å². The molecule has 3 aromatic heterocycles. The van der Waals surface area contributed by atoms with Crippen molar-refractivity contribution >= 4 is 34.3 Å². The first-order valence-corrected chi connectivity index (χ1v) is 9.12. The molecule has 26 heavy (non-hydrogen) atoms. The summed E-state index contributed by atoms with van der Waals surface area (Å²) in [6, 6.07) is 2.28. The molecule has 0 aromatic carbocycles. The lowest BCUT2D eigenvalue weighted by Crippen LogP contribution is -2.21. The van der Waals surface area contributed by atoms with Gasteiger partial charge in [-0.15, -0.1) is 0 Å². The van der Waals surface area contributed by atoms with E-state index in [4.69, 9.17) is 0 Å². The van der Waals surface area contributed by atoms with Crippen LogP contribution in [-0.2, 0) is 11.2 Å². The summed E-state index contributed by atoms with van der Waals surface area (Å²) < 4.78 is 2.17. The summed E-state index contributed by atoms with van der Waals surface area (Å²) in [4.78, 5) is 27.6. The zero-order valence-corrected chi connectivity index (χ0v) is 14.9. The Hall–Kier alpha value is -2.70. The Morgan fingerprint density at radius 3 is 2.96 bits per heavy atom. The van der Waals surface area contributed by atoms with Crippen molar-refractivity contribution in [2.45, 2.75) is 44.6 Å². The molecule has 0 aliphatic heterocycles. The van der Waals surface area contributed by atoms with Gasteiger partial charge in [0.15, 0.2) is 0 Å². The van der Waals surface area contributed by atoms with Crippen LogP contribution < -0.4 is 0 Å². The smallest absolute Gasteiger partial charge is 0.311 e. The van der Waals surface area contributed by atoms with Gasteiger partial charge in [0.1, 0.15) is 23.4 Å². The molecule has 3 heterocycles. The number of carboxylic acid groups (broad SMARTS) is 1. The standard InChI is InChI=1S/C19H23N5O2/c1-20-8-6-12-2-4-13(5-3-12)24-16(10-17(25)26)23-15-11-22-19-14(18(15)24)7-9-21-19/h7-9,11-13H,2-6,10H2,1H3,(H,21,22)(H,25,26). The summed E-state index contributed by atoms with van der Waals surface area (Å²) in [5.74, 6) is 0.441. The first-order valence-electron chi connectivity index (χ1n) is 9.12. The number of aliphatic carboxylic acids is 1. The van der Waals surface area contributed by atoms with Crippen LogP contribution >= 0.6 is 0 Å². The monoisotopic (exact) mass is 353 g/mol. The summed E-state index contributed by atoms with van der Waals surface area (Å²) in [5, 5.41) is 10.3. The van der Waals surface area contributed by atoms with Crippen LogP contribution in [0, 0.1) is 5.92 Å². The summed E-state index contributed by atoms with van der Waals surface area (Å²) in [5.41, 5.74) is 2.59. The maximum atomic E-state index is 11.4. The fourth-order valence-electron chi connectivity index (χ4n) is 4.19. The number of nitrogens with zero attached hydrogens (tertiary/aromatic N) is 4. The summed E-state index contributed by atoms with van der Waals surface area (Å²) >= 11 is 0. The molecule has 0 unspecified atom stereocenters. The summed E-state index contributed by atoms with van der Waals surface area (Å²) in [7, 11) is 1.82. The van der Waals surface area contributed by atoms with Crippen molar-refractivity contribution in [2.75, 3.05) is 7.05 Å². The van der Waals surface area contributed by atoms with Crippen molar-refractivity contribution < 1.29 is 9.90 Å². The van der Waals surface area contributed by atoms with E-state index in [1.165, 1.54) is 0 Å². The highest BCUT2D eigenvalue weighted by molar-refractivity contribution is 6.01. The molecule has 7 nitrogen and oxygen atoms in total. The fraction of sp³-hybridized carbons (Fsp3) is 0.474. The number of H-pyrrole nitrogens is 1. The lowest BCUT2D eigenvalue weighted by atomic mass is 9.84. The van der Waals surface area contributed by atoms with E-state index in [-0.39, 0.29) is 12.5 Å². The fourth-order valence-corrected chi connectivity index (χ4v) is 4.19. The van der Waals surface area contributed by atoms with Gasteiger partial charge in [0.05, 0.1) is 11.7 Å². The van der Waals surface area contributed by atoms with E-state index in [9.17, 15) is 9.90 Å². The van der Waals surface area contributed by atoms with E-state index in [1.807, 2.05) is 25.5 Å². The Balaban J connectivity index is 1.74. The number of nitrogens with one attached hydrogen (secondary N) is 1. The van der Waals surface area contributed by atoms with E-state index in [0.29, 0.717) is 11.7 Å². The van der Waals surface area contributed by atoms with Crippen molar-refractivity contribution in [1.82, 2.24) is 19.5 Å². The molecule has 7 heteroatoms. The zero-order valence-electron chi connectivity index (χ0n) is 14.9. The molecule has 3 aromatic rings. The zero-order chi connectivity index (χ0) is 18.1. The van der Waals surface area contributed by atoms with E-state index >= 15 is 0 Å². The molecule has 0 atom stereocenters. The van der Waals surface area contributed by atoms with Crippen molar-refractivity contribution in [3.8, 4) is 0 Å². The predicted molar refractivity (Wildman–Crippen MR) is 101 cm³/mol. The third kappa shape index (κ3) is 2.98. The number of aromatic nitrogens is 4. The molecule has 136 valence electrons. The minimum Gasteiger partial charge on any atom is -0.481 e. The molecule has 0 spiro atoms. The number of fused-ring (bicyclic) bond motifs is 3. The Morgan fingerprint density at radius 1 is 1.42 bits per heavy atom. The van der Waals surface area contributed by atoms with Crippen LogP contribution in [0.2, 0.25) is 0 Å². The molecule has 0 radical (unpaired) electrons. The first-order chi connectivity index (χ1) is 12.7. The van der Waals surface area contributed by atoms with Gasteiger partial charge in [-0.25, -0.2) is 9.97 Å². The van der Waals surface area contributed by atoms with Gasteiger partial charge >= 0.3 is 5.97 Å². The second kappa shape index (κ2) is 6.90. The second-order valence-corrected chi connectivity index (χ2v) is 7.05. The number of pyridine rings is 1. The maximum absolute atomic E-state index is 11.4. The average Bonchev–Trinajstić information content (AvgIpc) is 3.23. The van der Waals surface area contributed by atoms with Crippen molar-refractivity contribution in [3.05, 3.63) is 24.3 Å². The topological polar surface area (TPSA) is 96.2 Å². The molecule has 0 saturated heterocycles. The summed E-state index contributed by atoms with van der Waals surface area (Å²) in [6.45, 7) is 0. The highest BCUT2D eigenvalue weighted by Crippen LogP contribution is 2.37. The highest BCUT2D eigenvalue weighted by atomic mass is 16.4. The van der Waals surface area contributed by atoms with Gasteiger partial charge in [-0.05, 0) is 50.3 Å². The molecular weight excluding hydrogens is 330 g/mol. The van der Waals surface area contributed by atoms with Crippen LogP contribution in [0.3, 0.4) is 0 Å². The van der Waals surface area contributed by atoms with Gasteiger partial charge in [0.2, 0.25) is 0 Å². The second-order valence-electron chi connectivity index (χ2n) is 7.05. The number of carbonyl (C=O) groups is 1. The van der Waals surface area contributed by atoms with Crippen LogP contribution in [0.5, 0.6) is 0 Å². The molecule has 2 N–H and O–H groups in total. The van der Waals surface area contributed by atoms with Crippen molar-refractivity contribution in [2.24, 2.45) is 10.9 Å². The van der Waals surface area contributed by atoms with E-state index in [2.05, 4.69) is 24.5 Å². The SMILES string of the molecule is CN=CCC1CCC(n2c(CC(=O)O)nc3cnc4[nH]ccc4c32)CC1. The highest BCUT2D eigenvalue weighted by Gasteiger charge is 2.27. The Kier molecular flexibility index (Phi) is 4.44. The minimum absolute atomic E-state index is 0.0665. The molecule has 1 aliphatic carbocycles. The third-order valence-electron chi connectivity index (χ3n) is 5.42. The number of hydrogen-bond acceptors (Lipinski definition) is 4. The van der Waals surface area contributed by atoms with Crippen molar-refractivity contribution in [3.63, 3.8) is 0 Å². The van der Waals surface area contributed by atoms with Gasteiger partial charge in [-0.2, -0.15) is 0 Å². The number of aliphatic imine (C=N–C) groups is 1. The van der Waals surface area contributed by atoms with Gasteiger partial charge in [-0.3, -0.25) is 4.79 Å². The van der Waals surface area contributed by atoms with E-state index in [1.54, 1.807) is 6.20 Å². The molecule has 1 aliphatic rings. The number of rotatable bonds is 5. The third-order valence-corrected chi connectivity index (χ3v) is 5.42. The largest absolute Gasteiger partial charge is 0.481 e. The molecule has 4 rings (SSSR count). The van der Waals surface area contributed by atoms with Crippen LogP contribution in [-0.4, -0.2) is 43.9 Å². The lowest BCUT2D eigenvalue weighted by molar-refractivity contribution is -0.136. The van der Waals surface area contributed by atoms with Gasteiger partial charge in [0.25, 0.3) is 0 Å². The maximum Gasteiger partial charge on any atom is 0.311 e. The van der Waals surface area contributed by atoms with E-state index in [0.717, 1.165) is 54.2 Å². The summed E-state index contributed by atoms with van der Waals surface area (Å²) in [6.07, 6.45) is 10.9. The van der Waals surface area contributed by atoms with Gasteiger partial charge in [-0.1, -0.05) is 0 Å². The minimum atomic E-state index is -0.854. The normalized spacial score (nSPS) is 21.1. The number of imidazole rings is 1. The molecule has 0 bridgehead atoms. The van der Waals surface area contributed by atoms with Crippen LogP contribution in [0.4, 0.5) is 0 Å². The van der Waals surface area contributed by atoms with Crippen LogP contribution in [0.25, 0.3) is 22.1 Å². The number of hydrogen-bond donors (Lipinski definition) is 2. The molecular formula is C19H23N5O2. The number of carboxylic acids is 1. The first kappa shape index (κ1) is 16.8. The predicted octanol–water partition coefficient (Wildman–Crippen LogP) is 3.36. The van der Waals surface area contributed by atoms with Gasteiger partial charge in [0, 0.05) is 24.7 Å². The molecule has 1 saturated carbocycles. The average molecular weight is 353 g/mol. The Bertz CT molecular complexity index is 963. The van der Waals surface area contributed by atoms with E-state index < -0.39 is 5.97 Å². The Morgan fingerprint density at radius 2 is 2.23 bits per heavy atom. The number of aromatic amines is 1.